The first-order valence-electron chi connectivity index (χ1n) is 5.31. The first-order valence-corrected chi connectivity index (χ1v) is 5.31. The van der Waals surface area contributed by atoms with E-state index in [1.165, 1.54) is 6.08 Å². The van der Waals surface area contributed by atoms with Crippen LogP contribution in [-0.2, 0) is 0 Å². The summed E-state index contributed by atoms with van der Waals surface area (Å²) in [6.07, 6.45) is 6.72. The highest BCUT2D eigenvalue weighted by molar-refractivity contribution is 5.84. The van der Waals surface area contributed by atoms with Crippen LogP contribution < -0.4 is 0 Å². The van der Waals surface area contributed by atoms with Gasteiger partial charge in [0.05, 0.1) is 0 Å². The second kappa shape index (κ2) is 8.39. The third kappa shape index (κ3) is 8.08. The van der Waals surface area contributed by atoms with Crippen molar-refractivity contribution in [3.8, 4) is 0 Å². The van der Waals surface area contributed by atoms with E-state index in [1.54, 1.807) is 25.3 Å². The molecule has 0 heterocycles. The van der Waals surface area contributed by atoms with Crippen molar-refractivity contribution >= 4 is 12.6 Å². The monoisotopic (exact) mass is 234 g/mol. The first-order chi connectivity index (χ1) is 7.99. The van der Waals surface area contributed by atoms with Crippen LogP contribution in [0.5, 0.6) is 0 Å². The molecule has 0 atom stereocenters. The Hall–Kier alpha value is -1.77. The average Bonchev–Trinajstić information content (AvgIpc) is 2.25. The minimum Gasteiger partial charge on any atom is -0.250 e. The second-order valence-corrected chi connectivity index (χ2v) is 3.72. The molecule has 0 amide bonds. The predicted molar refractivity (Wildman–Crippen MR) is 74.2 cm³/mol. The van der Waals surface area contributed by atoms with Crippen molar-refractivity contribution in [3.05, 3.63) is 48.0 Å². The lowest BCUT2D eigenvalue weighted by Crippen LogP contribution is -1.83. The molecular weight excluding hydrogens is 215 g/mol. The van der Waals surface area contributed by atoms with E-state index in [9.17, 15) is 4.39 Å². The molecule has 0 N–H and O–H groups in total. The Morgan fingerprint density at radius 1 is 1.29 bits per heavy atom. The summed E-state index contributed by atoms with van der Waals surface area (Å²) in [4.78, 5) is 7.65. The van der Waals surface area contributed by atoms with Gasteiger partial charge in [0.2, 0.25) is 0 Å². The zero-order valence-electron chi connectivity index (χ0n) is 10.7. The average molecular weight is 234 g/mol. The van der Waals surface area contributed by atoms with Crippen LogP contribution in [0.25, 0.3) is 0 Å². The SMILES string of the molecule is C=C/C=C(C)\C=C(\F)C/C(C)=C/N=C(C)N=C. The highest BCUT2D eigenvalue weighted by atomic mass is 19.1. The van der Waals surface area contributed by atoms with Crippen molar-refractivity contribution in [3.63, 3.8) is 0 Å². The second-order valence-electron chi connectivity index (χ2n) is 3.72. The summed E-state index contributed by atoms with van der Waals surface area (Å²) >= 11 is 0. The van der Waals surface area contributed by atoms with Crippen molar-refractivity contribution in [2.45, 2.75) is 27.2 Å². The molecule has 0 aromatic carbocycles. The number of rotatable bonds is 5. The van der Waals surface area contributed by atoms with Crippen LogP contribution in [0, 0.1) is 0 Å². The molecule has 2 nitrogen and oxygen atoms in total. The molecule has 0 saturated heterocycles. The summed E-state index contributed by atoms with van der Waals surface area (Å²) in [5.41, 5.74) is 1.66. The van der Waals surface area contributed by atoms with Gasteiger partial charge in [0.25, 0.3) is 0 Å². The molecule has 0 aliphatic heterocycles. The number of halogens is 1. The van der Waals surface area contributed by atoms with E-state index in [4.69, 9.17) is 0 Å². The van der Waals surface area contributed by atoms with Crippen LogP contribution in [0.2, 0.25) is 0 Å². The van der Waals surface area contributed by atoms with Crippen molar-refractivity contribution in [2.75, 3.05) is 0 Å². The lowest BCUT2D eigenvalue weighted by molar-refractivity contribution is 0.609. The molecule has 0 rings (SSSR count). The van der Waals surface area contributed by atoms with E-state index in [0.717, 1.165) is 11.1 Å². The van der Waals surface area contributed by atoms with Crippen LogP contribution in [-0.4, -0.2) is 12.6 Å². The van der Waals surface area contributed by atoms with Gasteiger partial charge >= 0.3 is 0 Å². The Morgan fingerprint density at radius 2 is 1.94 bits per heavy atom. The molecule has 3 heteroatoms. The van der Waals surface area contributed by atoms with Gasteiger partial charge in [0.15, 0.2) is 0 Å². The standard InChI is InChI=1S/C14H19FN2/c1-6-7-11(2)8-14(15)9-12(3)10-17-13(4)16-5/h6-8,10H,1,5,9H2,2-4H3/b11-7-,12-10+,14-8+,17-13?. The quantitative estimate of drug-likeness (QED) is 0.383. The third-order valence-electron chi connectivity index (χ3n) is 1.91. The molecule has 0 fully saturated rings. The van der Waals surface area contributed by atoms with Crippen molar-refractivity contribution in [1.29, 1.82) is 0 Å². The zero-order valence-corrected chi connectivity index (χ0v) is 10.7. The predicted octanol–water partition coefficient (Wildman–Crippen LogP) is 4.39. The topological polar surface area (TPSA) is 24.7 Å². The summed E-state index contributed by atoms with van der Waals surface area (Å²) in [6.45, 7) is 12.3. The number of hydrogen-bond donors (Lipinski definition) is 0. The van der Waals surface area contributed by atoms with Gasteiger partial charge in [0, 0.05) is 12.6 Å². The molecular formula is C14H19FN2. The van der Waals surface area contributed by atoms with E-state index in [-0.39, 0.29) is 12.2 Å². The molecule has 0 unspecified atom stereocenters. The Labute approximate surface area is 103 Å². The van der Waals surface area contributed by atoms with Crippen molar-refractivity contribution in [1.82, 2.24) is 0 Å². The summed E-state index contributed by atoms with van der Waals surface area (Å²) in [5.74, 6) is 0.366. The number of hydrogen-bond acceptors (Lipinski definition) is 1. The minimum absolute atomic E-state index is 0.200. The Bertz CT molecular complexity index is 398. The highest BCUT2D eigenvalue weighted by Gasteiger charge is 1.97. The fourth-order valence-electron chi connectivity index (χ4n) is 1.09. The fraction of sp³-hybridized carbons (Fsp3) is 0.286. The Morgan fingerprint density at radius 3 is 2.47 bits per heavy atom. The molecule has 0 saturated carbocycles. The van der Waals surface area contributed by atoms with E-state index >= 15 is 0 Å². The van der Waals surface area contributed by atoms with E-state index in [1.807, 2.05) is 13.8 Å². The van der Waals surface area contributed by atoms with Gasteiger partial charge in [-0.1, -0.05) is 18.7 Å². The lowest BCUT2D eigenvalue weighted by Gasteiger charge is -1.98. The third-order valence-corrected chi connectivity index (χ3v) is 1.91. The Balaban J connectivity index is 4.58. The van der Waals surface area contributed by atoms with Crippen LogP contribution in [0.15, 0.2) is 58.0 Å². The summed E-state index contributed by atoms with van der Waals surface area (Å²) < 4.78 is 13.5. The number of nitrogens with zero attached hydrogens (tertiary/aromatic N) is 2. The van der Waals surface area contributed by atoms with Gasteiger partial charge in [-0.05, 0) is 44.7 Å². The molecule has 0 aliphatic carbocycles. The minimum atomic E-state index is -0.200. The largest absolute Gasteiger partial charge is 0.250 e. The number of allylic oxidation sites excluding steroid dienone is 6. The molecule has 0 aromatic heterocycles. The number of amidine groups is 1. The van der Waals surface area contributed by atoms with Crippen LogP contribution in [0.1, 0.15) is 27.2 Å². The van der Waals surface area contributed by atoms with E-state index in [2.05, 4.69) is 23.3 Å². The van der Waals surface area contributed by atoms with E-state index < -0.39 is 0 Å². The van der Waals surface area contributed by atoms with Crippen molar-refractivity contribution < 1.29 is 4.39 Å². The summed E-state index contributed by atoms with van der Waals surface area (Å²) in [6, 6.07) is 0. The van der Waals surface area contributed by atoms with Crippen LogP contribution in [0.3, 0.4) is 0 Å². The molecule has 92 valence electrons. The van der Waals surface area contributed by atoms with Gasteiger partial charge in [-0.2, -0.15) is 0 Å². The van der Waals surface area contributed by atoms with E-state index in [0.29, 0.717) is 5.84 Å². The molecule has 0 bridgehead atoms. The summed E-state index contributed by atoms with van der Waals surface area (Å²) in [5, 5.41) is 0. The maximum absolute atomic E-state index is 13.5. The van der Waals surface area contributed by atoms with Gasteiger partial charge in [-0.15, -0.1) is 0 Å². The molecule has 0 radical (unpaired) electrons. The number of aliphatic imine (C=N–C) groups is 2. The molecule has 17 heavy (non-hydrogen) atoms. The highest BCUT2D eigenvalue weighted by Crippen LogP contribution is 2.14. The first kappa shape index (κ1) is 15.2. The van der Waals surface area contributed by atoms with Crippen LogP contribution >= 0.6 is 0 Å². The van der Waals surface area contributed by atoms with Gasteiger partial charge in [-0.25, -0.2) is 14.4 Å². The van der Waals surface area contributed by atoms with Crippen molar-refractivity contribution in [2.24, 2.45) is 9.98 Å². The van der Waals surface area contributed by atoms with Gasteiger partial charge < -0.3 is 0 Å². The lowest BCUT2D eigenvalue weighted by atomic mass is 10.1. The molecule has 0 aliphatic rings. The molecule has 0 aromatic rings. The van der Waals surface area contributed by atoms with Gasteiger partial charge in [0.1, 0.15) is 11.7 Å². The van der Waals surface area contributed by atoms with Gasteiger partial charge in [-0.3, -0.25) is 0 Å². The molecule has 0 spiro atoms. The smallest absolute Gasteiger partial charge is 0.124 e. The normalized spacial score (nSPS) is 14.8. The zero-order chi connectivity index (χ0) is 13.3. The maximum Gasteiger partial charge on any atom is 0.124 e. The summed E-state index contributed by atoms with van der Waals surface area (Å²) in [7, 11) is 0. The Kier molecular flexibility index (Phi) is 7.52. The van der Waals surface area contributed by atoms with Crippen LogP contribution in [0.4, 0.5) is 4.39 Å². The fourth-order valence-corrected chi connectivity index (χ4v) is 1.09. The maximum atomic E-state index is 13.5.